The Bertz CT molecular complexity index is 810. The highest BCUT2D eigenvalue weighted by molar-refractivity contribution is 5.96. The lowest BCUT2D eigenvalue weighted by atomic mass is 10.2. The predicted octanol–water partition coefficient (Wildman–Crippen LogP) is 2.67. The number of carbonyl (C=O) groups excluding carboxylic acids is 2. The highest BCUT2D eigenvalue weighted by Crippen LogP contribution is 2.22. The molecule has 0 atom stereocenters. The molecule has 1 amide bonds. The minimum absolute atomic E-state index is 0.0589. The van der Waals surface area contributed by atoms with Crippen LogP contribution in [0.2, 0.25) is 0 Å². The van der Waals surface area contributed by atoms with Crippen LogP contribution in [0.15, 0.2) is 42.5 Å². The molecular weight excluding hydrogens is 326 g/mol. The number of amides is 1. The number of nitro groups is 1. The van der Waals surface area contributed by atoms with Crippen molar-refractivity contribution in [2.45, 2.75) is 0 Å². The Labute approximate surface area is 134 Å². The van der Waals surface area contributed by atoms with Gasteiger partial charge in [0.15, 0.2) is 18.2 Å². The fourth-order valence-electron chi connectivity index (χ4n) is 1.76. The number of para-hydroxylation sites is 2. The zero-order valence-corrected chi connectivity index (χ0v) is 12.0. The van der Waals surface area contributed by atoms with Crippen molar-refractivity contribution in [3.05, 3.63) is 69.8 Å². The number of nitrogens with zero attached hydrogens (tertiary/aromatic N) is 1. The van der Waals surface area contributed by atoms with E-state index in [9.17, 15) is 28.5 Å². The number of nitro benzene ring substituents is 1. The van der Waals surface area contributed by atoms with E-state index in [1.165, 1.54) is 24.3 Å². The number of ether oxygens (including phenoxy) is 1. The number of hydrogen-bond acceptors (Lipinski definition) is 5. The largest absolute Gasteiger partial charge is 0.452 e. The standard InChI is InChI=1S/C15H10F2N2O5/c16-10-6-5-9(7-11(10)17)15(21)24-8-14(20)18-12-3-1-2-4-13(12)19(22)23/h1-7H,8H2,(H,18,20). The Balaban J connectivity index is 1.97. The zero-order valence-electron chi connectivity index (χ0n) is 12.0. The second-order valence-corrected chi connectivity index (χ2v) is 4.53. The van der Waals surface area contributed by atoms with Gasteiger partial charge in [0.25, 0.3) is 11.6 Å². The fraction of sp³-hybridized carbons (Fsp3) is 0.0667. The van der Waals surface area contributed by atoms with Crippen molar-refractivity contribution < 1.29 is 28.0 Å². The fourth-order valence-corrected chi connectivity index (χ4v) is 1.76. The molecule has 0 fully saturated rings. The molecule has 0 spiro atoms. The first-order valence-electron chi connectivity index (χ1n) is 6.54. The molecule has 0 heterocycles. The molecule has 0 bridgehead atoms. The molecule has 0 saturated carbocycles. The SMILES string of the molecule is O=C(COC(=O)c1ccc(F)c(F)c1)Nc1ccccc1[N+](=O)[O-]. The molecule has 0 aliphatic heterocycles. The summed E-state index contributed by atoms with van der Waals surface area (Å²) in [7, 11) is 0. The van der Waals surface area contributed by atoms with E-state index >= 15 is 0 Å². The van der Waals surface area contributed by atoms with Crippen LogP contribution in [-0.2, 0) is 9.53 Å². The summed E-state index contributed by atoms with van der Waals surface area (Å²) in [5.74, 6) is -4.21. The van der Waals surface area contributed by atoms with Crippen LogP contribution in [0.25, 0.3) is 0 Å². The van der Waals surface area contributed by atoms with Crippen molar-refractivity contribution in [2.24, 2.45) is 0 Å². The lowest BCUT2D eigenvalue weighted by Gasteiger charge is -2.07. The smallest absolute Gasteiger partial charge is 0.338 e. The van der Waals surface area contributed by atoms with Gasteiger partial charge >= 0.3 is 5.97 Å². The minimum Gasteiger partial charge on any atom is -0.452 e. The molecule has 0 saturated heterocycles. The molecule has 0 aliphatic carbocycles. The van der Waals surface area contributed by atoms with Gasteiger partial charge in [0, 0.05) is 6.07 Å². The summed E-state index contributed by atoms with van der Waals surface area (Å²) in [6.07, 6.45) is 0. The van der Waals surface area contributed by atoms with E-state index in [0.717, 1.165) is 12.1 Å². The van der Waals surface area contributed by atoms with E-state index in [1.54, 1.807) is 0 Å². The van der Waals surface area contributed by atoms with Gasteiger partial charge in [0.2, 0.25) is 0 Å². The van der Waals surface area contributed by atoms with E-state index < -0.39 is 35.0 Å². The van der Waals surface area contributed by atoms with Crippen molar-refractivity contribution in [3.63, 3.8) is 0 Å². The number of esters is 1. The third-order valence-corrected chi connectivity index (χ3v) is 2.86. The van der Waals surface area contributed by atoms with Crippen molar-refractivity contribution >= 4 is 23.3 Å². The van der Waals surface area contributed by atoms with Gasteiger partial charge in [-0.25, -0.2) is 13.6 Å². The van der Waals surface area contributed by atoms with Crippen LogP contribution in [0.4, 0.5) is 20.2 Å². The van der Waals surface area contributed by atoms with Gasteiger partial charge in [-0.15, -0.1) is 0 Å². The number of halogens is 2. The molecule has 2 aromatic rings. The average molecular weight is 336 g/mol. The summed E-state index contributed by atoms with van der Waals surface area (Å²) in [5.41, 5.74) is -0.651. The molecule has 124 valence electrons. The Hall–Kier alpha value is -3.36. The number of benzene rings is 2. The average Bonchev–Trinajstić information content (AvgIpc) is 2.55. The summed E-state index contributed by atoms with van der Waals surface area (Å²) >= 11 is 0. The summed E-state index contributed by atoms with van der Waals surface area (Å²) in [6, 6.07) is 7.81. The summed E-state index contributed by atoms with van der Waals surface area (Å²) in [6.45, 7) is -0.746. The summed E-state index contributed by atoms with van der Waals surface area (Å²) in [5, 5.41) is 13.0. The molecule has 9 heteroatoms. The van der Waals surface area contributed by atoms with Gasteiger partial charge in [0.1, 0.15) is 5.69 Å². The normalized spacial score (nSPS) is 10.1. The third-order valence-electron chi connectivity index (χ3n) is 2.86. The molecule has 0 unspecified atom stereocenters. The first-order valence-corrected chi connectivity index (χ1v) is 6.54. The monoisotopic (exact) mass is 336 g/mol. The van der Waals surface area contributed by atoms with E-state index in [0.29, 0.717) is 6.07 Å². The van der Waals surface area contributed by atoms with Crippen LogP contribution in [0, 0.1) is 21.7 Å². The summed E-state index contributed by atoms with van der Waals surface area (Å²) in [4.78, 5) is 33.5. The second kappa shape index (κ2) is 7.27. The van der Waals surface area contributed by atoms with E-state index in [4.69, 9.17) is 0 Å². The van der Waals surface area contributed by atoms with Crippen LogP contribution >= 0.6 is 0 Å². The maximum atomic E-state index is 13.0. The van der Waals surface area contributed by atoms with E-state index in [2.05, 4.69) is 10.1 Å². The third kappa shape index (κ3) is 4.09. The molecule has 0 aromatic heterocycles. The van der Waals surface area contributed by atoms with Crippen LogP contribution in [0.1, 0.15) is 10.4 Å². The number of nitrogens with one attached hydrogen (secondary N) is 1. The Kier molecular flexibility index (Phi) is 5.15. The maximum absolute atomic E-state index is 13.0. The Morgan fingerprint density at radius 1 is 1.12 bits per heavy atom. The van der Waals surface area contributed by atoms with Gasteiger partial charge in [-0.1, -0.05) is 12.1 Å². The Morgan fingerprint density at radius 2 is 1.83 bits per heavy atom. The molecule has 1 N–H and O–H groups in total. The van der Waals surface area contributed by atoms with Gasteiger partial charge < -0.3 is 10.1 Å². The lowest BCUT2D eigenvalue weighted by Crippen LogP contribution is -2.21. The number of rotatable bonds is 5. The van der Waals surface area contributed by atoms with Gasteiger partial charge in [-0.3, -0.25) is 14.9 Å². The molecule has 0 aliphatic rings. The van der Waals surface area contributed by atoms with Crippen molar-refractivity contribution in [2.75, 3.05) is 11.9 Å². The van der Waals surface area contributed by atoms with Gasteiger partial charge in [0.05, 0.1) is 10.5 Å². The van der Waals surface area contributed by atoms with E-state index in [1.807, 2.05) is 0 Å². The molecule has 2 rings (SSSR count). The van der Waals surface area contributed by atoms with Gasteiger partial charge in [-0.05, 0) is 24.3 Å². The highest BCUT2D eigenvalue weighted by atomic mass is 19.2. The van der Waals surface area contributed by atoms with Crippen LogP contribution in [-0.4, -0.2) is 23.4 Å². The predicted molar refractivity (Wildman–Crippen MR) is 78.4 cm³/mol. The molecule has 7 nitrogen and oxygen atoms in total. The Morgan fingerprint density at radius 3 is 2.50 bits per heavy atom. The minimum atomic E-state index is -1.23. The first kappa shape index (κ1) is 17.0. The molecule has 0 radical (unpaired) electrons. The number of hydrogen-bond donors (Lipinski definition) is 1. The van der Waals surface area contributed by atoms with Crippen LogP contribution in [0.3, 0.4) is 0 Å². The van der Waals surface area contributed by atoms with Crippen LogP contribution in [0.5, 0.6) is 0 Å². The number of anilines is 1. The van der Waals surface area contributed by atoms with Crippen molar-refractivity contribution in [3.8, 4) is 0 Å². The van der Waals surface area contributed by atoms with E-state index in [-0.39, 0.29) is 16.9 Å². The first-order chi connectivity index (χ1) is 11.4. The van der Waals surface area contributed by atoms with Crippen molar-refractivity contribution in [1.29, 1.82) is 0 Å². The zero-order chi connectivity index (χ0) is 17.7. The van der Waals surface area contributed by atoms with Crippen molar-refractivity contribution in [1.82, 2.24) is 0 Å². The lowest BCUT2D eigenvalue weighted by molar-refractivity contribution is -0.383. The maximum Gasteiger partial charge on any atom is 0.338 e. The number of carbonyl (C=O) groups is 2. The summed E-state index contributed by atoms with van der Waals surface area (Å²) < 4.78 is 30.4. The molecular formula is C15H10F2N2O5. The van der Waals surface area contributed by atoms with Gasteiger partial charge in [-0.2, -0.15) is 0 Å². The quantitative estimate of drug-likeness (QED) is 0.514. The van der Waals surface area contributed by atoms with Crippen LogP contribution < -0.4 is 5.32 Å². The highest BCUT2D eigenvalue weighted by Gasteiger charge is 2.17. The second-order valence-electron chi connectivity index (χ2n) is 4.53. The topological polar surface area (TPSA) is 98.5 Å². The molecule has 2 aromatic carbocycles. The molecule has 24 heavy (non-hydrogen) atoms.